The van der Waals surface area contributed by atoms with Gasteiger partial charge in [0.2, 0.25) is 0 Å². The topological polar surface area (TPSA) is 76.2 Å². The number of nitriles is 1. The highest BCUT2D eigenvalue weighted by Gasteiger charge is 2.10. The smallest absolute Gasteiger partial charge is 0.269 e. The van der Waals surface area contributed by atoms with E-state index in [0.29, 0.717) is 31.9 Å². The van der Waals surface area contributed by atoms with E-state index in [9.17, 15) is 15.4 Å². The molecule has 0 fully saturated rings. The third-order valence-electron chi connectivity index (χ3n) is 3.05. The molecule has 7 heteroatoms. The molecule has 23 heavy (non-hydrogen) atoms. The second-order valence-electron chi connectivity index (χ2n) is 4.49. The van der Waals surface area contributed by atoms with E-state index in [-0.39, 0.29) is 5.69 Å². The molecule has 0 heterocycles. The lowest BCUT2D eigenvalue weighted by atomic mass is 10.0. The minimum absolute atomic E-state index is 0.0266. The minimum atomic E-state index is -0.486. The van der Waals surface area contributed by atoms with Gasteiger partial charge < -0.3 is 4.74 Å². The molecule has 0 spiro atoms. The molecule has 0 aliphatic rings. The van der Waals surface area contributed by atoms with Crippen molar-refractivity contribution in [3.63, 3.8) is 0 Å². The molecule has 0 bridgehead atoms. The summed E-state index contributed by atoms with van der Waals surface area (Å²) in [5.41, 5.74) is 1.63. The van der Waals surface area contributed by atoms with Crippen LogP contribution in [0.5, 0.6) is 5.75 Å². The number of allylic oxidation sites excluding steroid dienone is 1. The van der Waals surface area contributed by atoms with Gasteiger partial charge in [0, 0.05) is 12.1 Å². The maximum atomic E-state index is 10.7. The molecule has 5 nitrogen and oxygen atoms in total. The van der Waals surface area contributed by atoms with E-state index in [0.717, 1.165) is 0 Å². The number of nitrogens with zero attached hydrogens (tertiary/aromatic N) is 2. The van der Waals surface area contributed by atoms with Gasteiger partial charge in [-0.05, 0) is 57.4 Å². The van der Waals surface area contributed by atoms with Crippen LogP contribution in [-0.2, 0) is 0 Å². The van der Waals surface area contributed by atoms with Gasteiger partial charge in [-0.15, -0.1) is 0 Å². The third kappa shape index (κ3) is 3.89. The molecule has 0 saturated carbocycles. The molecular formula is C16H10BrClN2O3. The summed E-state index contributed by atoms with van der Waals surface area (Å²) in [5, 5.41) is 20.4. The van der Waals surface area contributed by atoms with E-state index in [2.05, 4.69) is 22.0 Å². The Kier molecular flexibility index (Phi) is 5.37. The first-order valence-electron chi connectivity index (χ1n) is 6.36. The zero-order chi connectivity index (χ0) is 17.0. The van der Waals surface area contributed by atoms with Crippen molar-refractivity contribution >= 4 is 44.9 Å². The maximum Gasteiger partial charge on any atom is 0.269 e. The number of nitro groups is 1. The fourth-order valence-corrected chi connectivity index (χ4v) is 3.03. The van der Waals surface area contributed by atoms with Crippen LogP contribution in [0.25, 0.3) is 11.6 Å². The van der Waals surface area contributed by atoms with Crippen molar-refractivity contribution in [3.05, 3.63) is 67.1 Å². The van der Waals surface area contributed by atoms with Gasteiger partial charge in [-0.2, -0.15) is 5.26 Å². The number of nitro benzene ring substituents is 1. The van der Waals surface area contributed by atoms with Gasteiger partial charge in [0.05, 0.1) is 33.2 Å². The highest BCUT2D eigenvalue weighted by atomic mass is 79.9. The summed E-state index contributed by atoms with van der Waals surface area (Å²) >= 11 is 9.48. The van der Waals surface area contributed by atoms with Crippen molar-refractivity contribution in [2.45, 2.75) is 0 Å². The Morgan fingerprint density at radius 3 is 2.52 bits per heavy atom. The van der Waals surface area contributed by atoms with Crippen molar-refractivity contribution in [2.75, 3.05) is 7.11 Å². The van der Waals surface area contributed by atoms with E-state index in [1.807, 2.05) is 0 Å². The Morgan fingerprint density at radius 1 is 1.39 bits per heavy atom. The fraction of sp³-hybridized carbons (Fsp3) is 0.0625. The SMILES string of the molecule is COc1c(Cl)cc(/C=C(/C#N)c2ccc([N+](=O)[O-])cc2)cc1Br. The van der Waals surface area contributed by atoms with Crippen LogP contribution in [-0.4, -0.2) is 12.0 Å². The lowest BCUT2D eigenvalue weighted by molar-refractivity contribution is -0.384. The van der Waals surface area contributed by atoms with Gasteiger partial charge in [-0.1, -0.05) is 11.6 Å². The first kappa shape index (κ1) is 17.0. The Hall–Kier alpha value is -2.36. The predicted octanol–water partition coefficient (Wildman–Crippen LogP) is 5.08. The predicted molar refractivity (Wildman–Crippen MR) is 92.3 cm³/mol. The molecule has 2 rings (SSSR count). The molecule has 0 aliphatic heterocycles. The van der Waals surface area contributed by atoms with Crippen LogP contribution in [0.3, 0.4) is 0 Å². The van der Waals surface area contributed by atoms with Crippen LogP contribution in [0.2, 0.25) is 5.02 Å². The second-order valence-corrected chi connectivity index (χ2v) is 5.75. The second kappa shape index (κ2) is 7.27. The number of halogens is 2. The molecule has 0 aromatic heterocycles. The third-order valence-corrected chi connectivity index (χ3v) is 3.92. The van der Waals surface area contributed by atoms with E-state index < -0.39 is 4.92 Å². The number of non-ortho nitro benzene ring substituents is 1. The number of hydrogen-bond donors (Lipinski definition) is 0. The summed E-state index contributed by atoms with van der Waals surface area (Å²) in [6.07, 6.45) is 1.65. The number of rotatable bonds is 4. The van der Waals surface area contributed by atoms with Gasteiger partial charge in [0.1, 0.15) is 0 Å². The van der Waals surface area contributed by atoms with Crippen molar-refractivity contribution in [1.82, 2.24) is 0 Å². The molecule has 116 valence electrons. The van der Waals surface area contributed by atoms with Gasteiger partial charge in [0.25, 0.3) is 5.69 Å². The fourth-order valence-electron chi connectivity index (χ4n) is 1.97. The zero-order valence-corrected chi connectivity index (χ0v) is 14.3. The van der Waals surface area contributed by atoms with E-state index in [1.54, 1.807) is 18.2 Å². The molecule has 2 aromatic rings. The normalized spacial score (nSPS) is 11.0. The summed E-state index contributed by atoms with van der Waals surface area (Å²) in [7, 11) is 1.51. The first-order valence-corrected chi connectivity index (χ1v) is 7.53. The number of hydrogen-bond acceptors (Lipinski definition) is 4. The standard InChI is InChI=1S/C16H10BrClN2O3/c1-23-16-14(17)7-10(8-15(16)18)6-12(9-19)11-2-4-13(5-3-11)20(21)22/h2-8H,1H3/b12-6-. The largest absolute Gasteiger partial charge is 0.494 e. The molecular weight excluding hydrogens is 384 g/mol. The van der Waals surface area contributed by atoms with Crippen LogP contribution in [0.15, 0.2) is 40.9 Å². The van der Waals surface area contributed by atoms with Gasteiger partial charge >= 0.3 is 0 Å². The first-order chi connectivity index (χ1) is 11.0. The molecule has 0 radical (unpaired) electrons. The Balaban J connectivity index is 2.43. The van der Waals surface area contributed by atoms with Crippen LogP contribution < -0.4 is 4.74 Å². The van der Waals surface area contributed by atoms with Crippen LogP contribution in [0.4, 0.5) is 5.69 Å². The van der Waals surface area contributed by atoms with Crippen molar-refractivity contribution in [1.29, 1.82) is 5.26 Å². The van der Waals surface area contributed by atoms with E-state index in [4.69, 9.17) is 16.3 Å². The molecule has 0 aliphatic carbocycles. The number of benzene rings is 2. The summed E-state index contributed by atoms with van der Waals surface area (Å²) in [5.74, 6) is 0.512. The monoisotopic (exact) mass is 392 g/mol. The Bertz CT molecular complexity index is 803. The number of ether oxygens (including phenoxy) is 1. The van der Waals surface area contributed by atoms with Gasteiger partial charge in [-0.25, -0.2) is 0 Å². The molecule has 2 aromatic carbocycles. The summed E-state index contributed by atoms with van der Waals surface area (Å²) in [6.45, 7) is 0. The average molecular weight is 394 g/mol. The van der Waals surface area contributed by atoms with Crippen LogP contribution >= 0.6 is 27.5 Å². The van der Waals surface area contributed by atoms with Crippen LogP contribution in [0, 0.1) is 21.4 Å². The highest BCUT2D eigenvalue weighted by molar-refractivity contribution is 9.10. The van der Waals surface area contributed by atoms with E-state index >= 15 is 0 Å². The average Bonchev–Trinajstić information content (AvgIpc) is 2.52. The Morgan fingerprint density at radius 2 is 2.04 bits per heavy atom. The molecule has 0 N–H and O–H groups in total. The van der Waals surface area contributed by atoms with Crippen LogP contribution in [0.1, 0.15) is 11.1 Å². The van der Waals surface area contributed by atoms with E-state index in [1.165, 1.54) is 31.4 Å². The summed E-state index contributed by atoms with van der Waals surface area (Å²) in [6, 6.07) is 11.3. The summed E-state index contributed by atoms with van der Waals surface area (Å²) in [4.78, 5) is 10.2. The zero-order valence-electron chi connectivity index (χ0n) is 11.9. The maximum absolute atomic E-state index is 10.7. The minimum Gasteiger partial charge on any atom is -0.494 e. The van der Waals surface area contributed by atoms with Crippen molar-refractivity contribution in [3.8, 4) is 11.8 Å². The van der Waals surface area contributed by atoms with Gasteiger partial charge in [-0.3, -0.25) is 10.1 Å². The molecule has 0 atom stereocenters. The highest BCUT2D eigenvalue weighted by Crippen LogP contribution is 2.35. The Labute approximate surface area is 146 Å². The number of methoxy groups -OCH3 is 1. The lowest BCUT2D eigenvalue weighted by Crippen LogP contribution is -1.89. The van der Waals surface area contributed by atoms with Crippen molar-refractivity contribution in [2.24, 2.45) is 0 Å². The molecule has 0 saturated heterocycles. The quantitative estimate of drug-likeness (QED) is 0.314. The summed E-state index contributed by atoms with van der Waals surface area (Å²) < 4.78 is 5.82. The molecule has 0 amide bonds. The molecule has 0 unspecified atom stereocenters. The lowest BCUT2D eigenvalue weighted by Gasteiger charge is -2.07. The van der Waals surface area contributed by atoms with Gasteiger partial charge in [0.15, 0.2) is 5.75 Å². The van der Waals surface area contributed by atoms with Crippen molar-refractivity contribution < 1.29 is 9.66 Å².